The van der Waals surface area contributed by atoms with E-state index in [4.69, 9.17) is 14.6 Å². The van der Waals surface area contributed by atoms with Gasteiger partial charge in [-0.1, -0.05) is 42.5 Å². The van der Waals surface area contributed by atoms with Crippen molar-refractivity contribution in [2.24, 2.45) is 0 Å². The summed E-state index contributed by atoms with van der Waals surface area (Å²) in [6, 6.07) is 20.9. The van der Waals surface area contributed by atoms with Gasteiger partial charge in [0, 0.05) is 16.8 Å². The summed E-state index contributed by atoms with van der Waals surface area (Å²) in [6.07, 6.45) is 0. The smallest absolute Gasteiger partial charge is 0.255 e. The maximum absolute atomic E-state index is 13.8. The summed E-state index contributed by atoms with van der Waals surface area (Å²) in [5.41, 5.74) is 3.06. The number of aromatic hydroxyl groups is 1. The second-order valence-corrected chi connectivity index (χ2v) is 8.45. The van der Waals surface area contributed by atoms with Crippen LogP contribution in [0.5, 0.6) is 17.2 Å². The van der Waals surface area contributed by atoms with Crippen molar-refractivity contribution >= 4 is 17.5 Å². The lowest BCUT2D eigenvalue weighted by Gasteiger charge is -2.29. The first-order valence-corrected chi connectivity index (χ1v) is 11.9. The number of benzene rings is 3. The fraction of sp³-hybridized carbons (Fsp3) is 0.179. The minimum absolute atomic E-state index is 0.114. The Morgan fingerprint density at radius 3 is 2.59 bits per heavy atom. The number of anilines is 2. The standard InChI is InChI=1S/C28H27N5O4/c1-4-37-22-14-7-5-12-20(22)25-24(27(35)30-21-13-6-8-15-23(21)36-3)17(2)29-28-31-26(32-33(25)28)18-10-9-11-19(34)16-18/h5-16,25,34H,4H2,1-3H3,(H,30,35)(H,29,31,32). The Morgan fingerprint density at radius 1 is 1.08 bits per heavy atom. The highest BCUT2D eigenvalue weighted by atomic mass is 16.5. The Kier molecular flexibility index (Phi) is 6.51. The second kappa shape index (κ2) is 10.1. The van der Waals surface area contributed by atoms with Crippen LogP contribution in [0, 0.1) is 0 Å². The molecule has 37 heavy (non-hydrogen) atoms. The molecular formula is C28H27N5O4. The van der Waals surface area contributed by atoms with E-state index in [1.54, 1.807) is 42.1 Å². The SMILES string of the molecule is CCOc1ccccc1C1C(C(=O)Nc2ccccc2OC)=C(C)Nc2nc(-c3cccc(O)c3)nn21. The number of carbonyl (C=O) groups is 1. The molecule has 0 fully saturated rings. The molecule has 1 aliphatic heterocycles. The van der Waals surface area contributed by atoms with E-state index in [0.717, 1.165) is 5.56 Å². The number of para-hydroxylation sites is 3. The number of phenols is 1. The monoisotopic (exact) mass is 497 g/mol. The topological polar surface area (TPSA) is 111 Å². The normalized spacial score (nSPS) is 14.5. The lowest BCUT2D eigenvalue weighted by Crippen LogP contribution is -2.31. The van der Waals surface area contributed by atoms with Crippen LogP contribution < -0.4 is 20.1 Å². The van der Waals surface area contributed by atoms with Crippen molar-refractivity contribution in [1.29, 1.82) is 0 Å². The van der Waals surface area contributed by atoms with Crippen molar-refractivity contribution in [1.82, 2.24) is 14.8 Å². The molecule has 0 saturated heterocycles. The van der Waals surface area contributed by atoms with Crippen molar-refractivity contribution in [3.05, 3.63) is 89.6 Å². The molecule has 9 nitrogen and oxygen atoms in total. The van der Waals surface area contributed by atoms with Crippen LogP contribution in [0.1, 0.15) is 25.5 Å². The third-order valence-electron chi connectivity index (χ3n) is 6.07. The number of nitrogens with one attached hydrogen (secondary N) is 2. The largest absolute Gasteiger partial charge is 0.508 e. The molecule has 2 heterocycles. The molecule has 1 amide bonds. The van der Waals surface area contributed by atoms with Gasteiger partial charge in [0.15, 0.2) is 5.82 Å². The molecule has 1 unspecified atom stereocenters. The third-order valence-corrected chi connectivity index (χ3v) is 6.07. The van der Waals surface area contributed by atoms with Crippen molar-refractivity contribution < 1.29 is 19.4 Å². The summed E-state index contributed by atoms with van der Waals surface area (Å²) in [5, 5.41) is 21.0. The van der Waals surface area contributed by atoms with E-state index in [2.05, 4.69) is 15.6 Å². The highest BCUT2D eigenvalue weighted by Gasteiger charge is 2.36. The molecule has 188 valence electrons. The van der Waals surface area contributed by atoms with Gasteiger partial charge in [-0.05, 0) is 44.2 Å². The predicted molar refractivity (Wildman–Crippen MR) is 141 cm³/mol. The molecular weight excluding hydrogens is 470 g/mol. The molecule has 0 aliphatic carbocycles. The third kappa shape index (κ3) is 4.58. The Labute approximate surface area is 214 Å². The van der Waals surface area contributed by atoms with E-state index >= 15 is 0 Å². The number of phenolic OH excluding ortho intramolecular Hbond substituents is 1. The minimum atomic E-state index is -0.632. The first kappa shape index (κ1) is 23.9. The van der Waals surface area contributed by atoms with Crippen LogP contribution in [-0.4, -0.2) is 39.5 Å². The van der Waals surface area contributed by atoms with Crippen molar-refractivity contribution in [3.8, 4) is 28.6 Å². The number of methoxy groups -OCH3 is 1. The number of hydrogen-bond acceptors (Lipinski definition) is 7. The summed E-state index contributed by atoms with van der Waals surface area (Å²) in [4.78, 5) is 18.5. The maximum atomic E-state index is 13.8. The summed E-state index contributed by atoms with van der Waals surface area (Å²) >= 11 is 0. The van der Waals surface area contributed by atoms with Crippen LogP contribution >= 0.6 is 0 Å². The van der Waals surface area contributed by atoms with Gasteiger partial charge in [-0.2, -0.15) is 4.98 Å². The molecule has 3 aromatic carbocycles. The van der Waals surface area contributed by atoms with Crippen molar-refractivity contribution in [2.45, 2.75) is 19.9 Å². The van der Waals surface area contributed by atoms with Crippen LogP contribution in [0.25, 0.3) is 11.4 Å². The molecule has 9 heteroatoms. The Morgan fingerprint density at radius 2 is 1.84 bits per heavy atom. The van der Waals surface area contributed by atoms with Crippen LogP contribution in [0.3, 0.4) is 0 Å². The lowest BCUT2D eigenvalue weighted by molar-refractivity contribution is -0.113. The molecule has 0 saturated carbocycles. The van der Waals surface area contributed by atoms with E-state index in [0.29, 0.717) is 52.4 Å². The Balaban J connectivity index is 1.64. The van der Waals surface area contributed by atoms with E-state index < -0.39 is 6.04 Å². The average Bonchev–Trinajstić information content (AvgIpc) is 3.32. The summed E-state index contributed by atoms with van der Waals surface area (Å²) in [7, 11) is 1.56. The molecule has 0 spiro atoms. The van der Waals surface area contributed by atoms with Crippen LogP contribution in [-0.2, 0) is 4.79 Å². The van der Waals surface area contributed by atoms with Crippen molar-refractivity contribution in [3.63, 3.8) is 0 Å². The zero-order valence-corrected chi connectivity index (χ0v) is 20.7. The highest BCUT2D eigenvalue weighted by molar-refractivity contribution is 6.06. The fourth-order valence-electron chi connectivity index (χ4n) is 4.43. The van der Waals surface area contributed by atoms with E-state index in [1.807, 2.05) is 56.3 Å². The number of carbonyl (C=O) groups excluding carboxylic acids is 1. The molecule has 3 N–H and O–H groups in total. The number of nitrogens with zero attached hydrogens (tertiary/aromatic N) is 3. The van der Waals surface area contributed by atoms with Gasteiger partial charge in [-0.3, -0.25) is 4.79 Å². The summed E-state index contributed by atoms with van der Waals surface area (Å²) in [5.74, 6) is 1.88. The summed E-state index contributed by atoms with van der Waals surface area (Å²) in [6.45, 7) is 4.21. The first-order valence-electron chi connectivity index (χ1n) is 11.9. The van der Waals surface area contributed by atoms with E-state index in [9.17, 15) is 9.90 Å². The molecule has 4 aromatic rings. The van der Waals surface area contributed by atoms with Gasteiger partial charge in [-0.15, -0.1) is 5.10 Å². The molecule has 5 rings (SSSR count). The quantitative estimate of drug-likeness (QED) is 0.330. The van der Waals surface area contributed by atoms with Crippen LogP contribution in [0.15, 0.2) is 84.1 Å². The van der Waals surface area contributed by atoms with Crippen LogP contribution in [0.2, 0.25) is 0 Å². The Hall–Kier alpha value is -4.79. The second-order valence-electron chi connectivity index (χ2n) is 8.45. The van der Waals surface area contributed by atoms with Crippen LogP contribution in [0.4, 0.5) is 11.6 Å². The Bertz CT molecular complexity index is 1490. The van der Waals surface area contributed by atoms with Gasteiger partial charge in [-0.25, -0.2) is 4.68 Å². The number of ether oxygens (including phenoxy) is 2. The summed E-state index contributed by atoms with van der Waals surface area (Å²) < 4.78 is 13.0. The minimum Gasteiger partial charge on any atom is -0.508 e. The van der Waals surface area contributed by atoms with E-state index in [1.165, 1.54) is 0 Å². The van der Waals surface area contributed by atoms with Gasteiger partial charge in [0.2, 0.25) is 5.95 Å². The fourth-order valence-corrected chi connectivity index (χ4v) is 4.43. The van der Waals surface area contributed by atoms with Gasteiger partial charge in [0.25, 0.3) is 5.91 Å². The lowest BCUT2D eigenvalue weighted by atomic mass is 9.94. The van der Waals surface area contributed by atoms with Gasteiger partial charge < -0.3 is 25.2 Å². The molecule has 1 atom stereocenters. The predicted octanol–water partition coefficient (Wildman–Crippen LogP) is 4.99. The molecule has 1 aromatic heterocycles. The van der Waals surface area contributed by atoms with Crippen molar-refractivity contribution in [2.75, 3.05) is 24.4 Å². The number of fused-ring (bicyclic) bond motifs is 1. The number of allylic oxidation sites excluding steroid dienone is 1. The average molecular weight is 498 g/mol. The van der Waals surface area contributed by atoms with Gasteiger partial charge in [0.1, 0.15) is 23.3 Å². The molecule has 0 radical (unpaired) electrons. The highest BCUT2D eigenvalue weighted by Crippen LogP contribution is 2.40. The number of rotatable bonds is 7. The first-order chi connectivity index (χ1) is 18.0. The van der Waals surface area contributed by atoms with E-state index in [-0.39, 0.29) is 11.7 Å². The maximum Gasteiger partial charge on any atom is 0.255 e. The van der Waals surface area contributed by atoms with Gasteiger partial charge >= 0.3 is 0 Å². The molecule has 1 aliphatic rings. The zero-order valence-electron chi connectivity index (χ0n) is 20.7. The number of hydrogen-bond donors (Lipinski definition) is 3. The number of amides is 1. The number of aromatic nitrogens is 3. The van der Waals surface area contributed by atoms with Gasteiger partial charge in [0.05, 0.1) is 25.0 Å². The molecule has 0 bridgehead atoms. The zero-order chi connectivity index (χ0) is 25.9.